The number of Topliss-reactive ketones (excluding diaryl/α,β-unsaturated/α-hetero) is 3. The van der Waals surface area contributed by atoms with Crippen molar-refractivity contribution in [1.29, 1.82) is 0 Å². The van der Waals surface area contributed by atoms with Crippen molar-refractivity contribution in [2.75, 3.05) is 54.3 Å². The summed E-state index contributed by atoms with van der Waals surface area (Å²) in [4.78, 5) is 73.0. The lowest BCUT2D eigenvalue weighted by atomic mass is 9.78. The molecule has 2 unspecified atom stereocenters. The van der Waals surface area contributed by atoms with E-state index >= 15 is 0 Å². The zero-order valence-electron chi connectivity index (χ0n) is 44.8. The molecule has 1 amide bonds. The van der Waals surface area contributed by atoms with E-state index in [1.165, 1.54) is 19.1 Å². The average molecular weight is 1010 g/mol. The predicted molar refractivity (Wildman–Crippen MR) is 269 cm³/mol. The van der Waals surface area contributed by atoms with Crippen molar-refractivity contribution in [3.63, 3.8) is 0 Å². The molecule has 0 aromatic rings. The van der Waals surface area contributed by atoms with Crippen molar-refractivity contribution in [1.82, 2.24) is 4.90 Å². The summed E-state index contributed by atoms with van der Waals surface area (Å²) in [7, 11) is 4.56. The number of esters is 1. The van der Waals surface area contributed by atoms with Crippen molar-refractivity contribution in [3.8, 4) is 0 Å². The molecule has 2 N–H and O–H groups in total. The molecule has 4 fully saturated rings. The number of methoxy groups -OCH3 is 3. The van der Waals surface area contributed by atoms with Crippen LogP contribution in [0.4, 0.5) is 0 Å². The predicted octanol–water partition coefficient (Wildman–Crippen LogP) is 6.62. The molecule has 4 aliphatic heterocycles. The van der Waals surface area contributed by atoms with E-state index in [1.807, 2.05) is 58.1 Å². The topological polar surface area (TPSA) is 203 Å². The number of allylic oxidation sites excluding steroid dienone is 6. The van der Waals surface area contributed by atoms with Gasteiger partial charge < -0.3 is 53.0 Å². The van der Waals surface area contributed by atoms with Gasteiger partial charge >= 0.3 is 5.97 Å². The Morgan fingerprint density at radius 2 is 1.60 bits per heavy atom. The van der Waals surface area contributed by atoms with Crippen LogP contribution in [0.3, 0.4) is 0 Å². The zero-order valence-corrected chi connectivity index (χ0v) is 44.8. The Hall–Kier alpha value is -3.45. The van der Waals surface area contributed by atoms with Crippen molar-refractivity contribution in [3.05, 3.63) is 47.6 Å². The molecule has 0 radical (unpaired) electrons. The zero-order chi connectivity index (χ0) is 52.7. The number of ether oxygens (including phenoxy) is 8. The van der Waals surface area contributed by atoms with Crippen LogP contribution in [-0.4, -0.2) is 159 Å². The molecule has 16 nitrogen and oxygen atoms in total. The molecular formula is C56H87NO15. The minimum absolute atomic E-state index is 0.0341. The highest BCUT2D eigenvalue weighted by atomic mass is 16.6. The first-order chi connectivity index (χ1) is 34.3. The van der Waals surface area contributed by atoms with E-state index in [0.717, 1.165) is 12.0 Å². The molecule has 0 aromatic carbocycles. The molecule has 1 saturated carbocycles. The number of amides is 1. The number of aliphatic hydroxyl groups excluding tert-OH is 1. The van der Waals surface area contributed by atoms with Crippen LogP contribution in [0.25, 0.3) is 0 Å². The third kappa shape index (κ3) is 16.0. The molecule has 5 rings (SSSR count). The molecule has 3 saturated heterocycles. The summed E-state index contributed by atoms with van der Waals surface area (Å²) in [5, 5.41) is 22.7. The number of ketones is 3. The summed E-state index contributed by atoms with van der Waals surface area (Å²) in [5.74, 6) is -7.67. The van der Waals surface area contributed by atoms with Gasteiger partial charge in [0.1, 0.15) is 36.2 Å². The van der Waals surface area contributed by atoms with Crippen LogP contribution in [0, 0.1) is 35.5 Å². The van der Waals surface area contributed by atoms with Crippen LogP contribution in [0.5, 0.6) is 0 Å². The summed E-state index contributed by atoms with van der Waals surface area (Å²) in [6.45, 7) is 14.7. The number of carbonyl (C=O) groups is 5. The Labute approximate surface area is 428 Å². The fourth-order valence-corrected chi connectivity index (χ4v) is 11.2. The van der Waals surface area contributed by atoms with Gasteiger partial charge in [0, 0.05) is 58.5 Å². The maximum absolute atomic E-state index is 14.5. The van der Waals surface area contributed by atoms with E-state index in [-0.39, 0.29) is 79.9 Å². The van der Waals surface area contributed by atoms with Gasteiger partial charge in [-0.1, -0.05) is 71.1 Å². The Morgan fingerprint density at radius 3 is 2.29 bits per heavy atom. The molecule has 5 aliphatic rings. The van der Waals surface area contributed by atoms with Crippen molar-refractivity contribution in [2.45, 2.75) is 186 Å². The maximum Gasteiger partial charge on any atom is 0.329 e. The number of hydrogen-bond acceptors (Lipinski definition) is 15. The smallest absolute Gasteiger partial charge is 0.329 e. The lowest BCUT2D eigenvalue weighted by Gasteiger charge is -2.43. The molecule has 406 valence electrons. The number of aliphatic hydroxyl groups is 2. The summed E-state index contributed by atoms with van der Waals surface area (Å²) in [6, 6.07) is -1.15. The number of cyclic esters (lactones) is 1. The van der Waals surface area contributed by atoms with E-state index in [1.54, 1.807) is 34.0 Å². The fourth-order valence-electron chi connectivity index (χ4n) is 11.2. The highest BCUT2D eigenvalue weighted by molar-refractivity contribution is 6.39. The minimum Gasteiger partial charge on any atom is -0.460 e. The van der Waals surface area contributed by atoms with Crippen LogP contribution in [0.2, 0.25) is 0 Å². The lowest BCUT2D eigenvalue weighted by molar-refractivity contribution is -0.266. The van der Waals surface area contributed by atoms with Crippen LogP contribution < -0.4 is 0 Å². The number of fused-ring (bicyclic) bond motifs is 3. The molecule has 2 bridgehead atoms. The summed E-state index contributed by atoms with van der Waals surface area (Å²) < 4.78 is 47.9. The molecule has 4 heterocycles. The normalized spacial score (nSPS) is 39.9. The van der Waals surface area contributed by atoms with E-state index in [4.69, 9.17) is 37.9 Å². The monoisotopic (exact) mass is 1010 g/mol. The quantitative estimate of drug-likeness (QED) is 0.142. The summed E-state index contributed by atoms with van der Waals surface area (Å²) in [6.07, 6.45) is 11.8. The van der Waals surface area contributed by atoms with Crippen molar-refractivity contribution >= 4 is 29.2 Å². The van der Waals surface area contributed by atoms with Gasteiger partial charge in [0.2, 0.25) is 5.79 Å². The molecule has 1 aliphatic carbocycles. The Kier molecular flexibility index (Phi) is 23.5. The van der Waals surface area contributed by atoms with Crippen LogP contribution in [-0.2, 0) is 61.9 Å². The van der Waals surface area contributed by atoms with Gasteiger partial charge in [-0.25, -0.2) is 4.79 Å². The van der Waals surface area contributed by atoms with Gasteiger partial charge in [0.25, 0.3) is 11.7 Å². The van der Waals surface area contributed by atoms with Crippen LogP contribution in [0.15, 0.2) is 47.6 Å². The second kappa shape index (κ2) is 28.4. The van der Waals surface area contributed by atoms with Gasteiger partial charge in [0.15, 0.2) is 5.78 Å². The van der Waals surface area contributed by atoms with Gasteiger partial charge in [-0.2, -0.15) is 0 Å². The largest absolute Gasteiger partial charge is 0.460 e. The molecule has 0 aromatic heterocycles. The van der Waals surface area contributed by atoms with Crippen LogP contribution in [0.1, 0.15) is 126 Å². The second-order valence-corrected chi connectivity index (χ2v) is 21.5. The molecule has 0 spiro atoms. The third-order valence-corrected chi connectivity index (χ3v) is 15.8. The lowest BCUT2D eigenvalue weighted by Crippen LogP contribution is -2.61. The standard InChI is InChI=1S/C56H87NO15/c1-34-16-12-11-13-17-35(2)47(70-33-43-32-68-24-25-69-43)30-42-21-19-40(7)56(64,72-42)53(61)54(62)57-23-15-14-18-44(57)55(63)71-48(37(4)28-41-20-22-45(58)49(29-41)65-8)31-46(59)36(3)27-39(6)51(66-9)52(67-10)50(60)38(5)26-34/h11-13,16-17,27,34,36-38,40-45,47-49,51-52,58,64H,14-15,18-26,28-33H2,1-10H3/b13-11+,16-12+,35-17+,39-27+/t34-,36-,37-,38-,40-,41+,42+,43?,44+,45-,47?,48+,49-,51-,52+,56-/m1/s1. The highest BCUT2D eigenvalue weighted by Crippen LogP contribution is 2.38. The summed E-state index contributed by atoms with van der Waals surface area (Å²) >= 11 is 0. The van der Waals surface area contributed by atoms with E-state index in [9.17, 15) is 34.2 Å². The highest BCUT2D eigenvalue weighted by Gasteiger charge is 2.53. The number of carbonyl (C=O) groups excluding carboxylic acids is 5. The second-order valence-electron chi connectivity index (χ2n) is 21.5. The van der Waals surface area contributed by atoms with E-state index in [2.05, 4.69) is 0 Å². The van der Waals surface area contributed by atoms with Gasteiger partial charge in [-0.05, 0) is 107 Å². The first-order valence-electron chi connectivity index (χ1n) is 26.6. The summed E-state index contributed by atoms with van der Waals surface area (Å²) in [5.41, 5.74) is 1.50. The first-order valence-corrected chi connectivity index (χ1v) is 26.6. The Morgan fingerprint density at radius 1 is 0.847 bits per heavy atom. The Bertz CT molecular complexity index is 1930. The van der Waals surface area contributed by atoms with Gasteiger partial charge in [-0.15, -0.1) is 0 Å². The molecule has 16 atom stereocenters. The van der Waals surface area contributed by atoms with Crippen LogP contribution >= 0.6 is 0 Å². The third-order valence-electron chi connectivity index (χ3n) is 15.8. The van der Waals surface area contributed by atoms with E-state index < -0.39 is 77.9 Å². The van der Waals surface area contributed by atoms with E-state index in [0.29, 0.717) is 76.8 Å². The fraction of sp³-hybridized carbons (Fsp3) is 0.768. The minimum atomic E-state index is -2.47. The molecular weight excluding hydrogens is 927 g/mol. The Balaban J connectivity index is 1.49. The number of rotatable bonds is 9. The first kappa shape index (κ1) is 59.4. The van der Waals surface area contributed by atoms with Gasteiger partial charge in [0.05, 0.1) is 50.8 Å². The molecule has 72 heavy (non-hydrogen) atoms. The number of piperidine rings is 1. The van der Waals surface area contributed by atoms with Gasteiger partial charge in [-0.3, -0.25) is 19.2 Å². The van der Waals surface area contributed by atoms with Crippen molar-refractivity contribution in [2.24, 2.45) is 35.5 Å². The average Bonchev–Trinajstić information content (AvgIpc) is 3.37. The number of nitrogens with zero attached hydrogens (tertiary/aromatic N) is 1. The maximum atomic E-state index is 14.5. The SMILES string of the molecule is CO[C@@H]1/C(C)=C/[C@@H](C)C(=O)C[C@@H]([C@H](C)C[C@@H]2CC[C@@H](O)[C@H](OC)C2)OC(=O)[C@@H]2CCCCN2C(=O)C(=O)[C@]2(O)O[C@@H](CC[C@H]2C)CC(OCC2COCCO2)/C(C)=C/C=C/C=C/[C@@H](C)C[C@@H](C)C(=O)[C@@H]1OC. The van der Waals surface area contributed by atoms with Crippen molar-refractivity contribution < 1.29 is 72.1 Å². The number of hydrogen-bond donors (Lipinski definition) is 2. The molecule has 16 heteroatoms.